The second kappa shape index (κ2) is 12.5. The molecule has 38 heavy (non-hydrogen) atoms. The van der Waals surface area contributed by atoms with Gasteiger partial charge in [-0.05, 0) is 62.2 Å². The molecule has 0 radical (unpaired) electrons. The summed E-state index contributed by atoms with van der Waals surface area (Å²) in [6.07, 6.45) is 1.61. The van der Waals surface area contributed by atoms with Gasteiger partial charge in [0, 0.05) is 6.54 Å². The van der Waals surface area contributed by atoms with E-state index in [4.69, 9.17) is 9.47 Å². The Morgan fingerprint density at radius 2 is 1.61 bits per heavy atom. The van der Waals surface area contributed by atoms with Crippen molar-refractivity contribution in [1.29, 1.82) is 0 Å². The molecule has 0 aliphatic carbocycles. The molecule has 9 nitrogen and oxygen atoms in total. The molecule has 2 amide bonds. The monoisotopic (exact) mass is 539 g/mol. The molecule has 0 fully saturated rings. The van der Waals surface area contributed by atoms with Crippen LogP contribution in [0.3, 0.4) is 0 Å². The predicted octanol–water partition coefficient (Wildman–Crippen LogP) is 3.78. The summed E-state index contributed by atoms with van der Waals surface area (Å²) in [6.45, 7) is 3.74. The number of hydrogen-bond acceptors (Lipinski definition) is 6. The third kappa shape index (κ3) is 7.04. The highest BCUT2D eigenvalue weighted by Crippen LogP contribution is 2.28. The van der Waals surface area contributed by atoms with E-state index in [9.17, 15) is 18.0 Å². The number of carbonyl (C=O) groups excluding carboxylic acids is 2. The maximum Gasteiger partial charge on any atom is 0.253 e. The number of ether oxygens (including phenoxy) is 2. The maximum absolute atomic E-state index is 13.2. The van der Waals surface area contributed by atoms with E-state index in [1.54, 1.807) is 68.8 Å². The Balaban J connectivity index is 1.71. The summed E-state index contributed by atoms with van der Waals surface area (Å²) >= 11 is 0. The van der Waals surface area contributed by atoms with Gasteiger partial charge in [0.05, 0.1) is 37.4 Å². The first-order valence-electron chi connectivity index (χ1n) is 12.0. The molecule has 3 aromatic rings. The van der Waals surface area contributed by atoms with E-state index >= 15 is 0 Å². The van der Waals surface area contributed by atoms with Gasteiger partial charge in [0.15, 0.2) is 11.5 Å². The number of aryl methyl sites for hydroxylation is 1. The maximum atomic E-state index is 13.2. The van der Waals surface area contributed by atoms with Crippen LogP contribution in [-0.2, 0) is 21.2 Å². The second-order valence-electron chi connectivity index (χ2n) is 8.80. The first-order chi connectivity index (χ1) is 18.0. The number of benzene rings is 3. The van der Waals surface area contributed by atoms with Gasteiger partial charge in [-0.1, -0.05) is 35.9 Å². The zero-order valence-corrected chi connectivity index (χ0v) is 23.0. The highest BCUT2D eigenvalue weighted by Gasteiger charge is 2.29. The van der Waals surface area contributed by atoms with Gasteiger partial charge in [-0.15, -0.1) is 0 Å². The summed E-state index contributed by atoms with van der Waals surface area (Å²) in [4.78, 5) is 26.1. The van der Waals surface area contributed by atoms with Crippen LogP contribution in [0.15, 0.2) is 66.7 Å². The Labute approximate surface area is 223 Å². The lowest BCUT2D eigenvalue weighted by Crippen LogP contribution is -2.45. The lowest BCUT2D eigenvalue weighted by molar-refractivity contribution is -0.116. The van der Waals surface area contributed by atoms with Crippen molar-refractivity contribution in [2.45, 2.75) is 26.3 Å². The van der Waals surface area contributed by atoms with Crippen LogP contribution in [0, 0.1) is 6.92 Å². The topological polar surface area (TPSA) is 114 Å². The molecular formula is C28H33N3O6S. The van der Waals surface area contributed by atoms with Gasteiger partial charge in [-0.2, -0.15) is 0 Å². The Morgan fingerprint density at radius 3 is 2.24 bits per heavy atom. The lowest BCUT2D eigenvalue weighted by Gasteiger charge is -2.28. The molecule has 0 aliphatic heterocycles. The van der Waals surface area contributed by atoms with E-state index in [1.807, 2.05) is 19.1 Å². The van der Waals surface area contributed by atoms with Gasteiger partial charge >= 0.3 is 0 Å². The average Bonchev–Trinajstić information content (AvgIpc) is 2.89. The van der Waals surface area contributed by atoms with Crippen molar-refractivity contribution >= 4 is 33.2 Å². The number of nitrogens with zero attached hydrogens (tertiary/aromatic N) is 1. The molecule has 0 spiro atoms. The second-order valence-corrected chi connectivity index (χ2v) is 10.7. The highest BCUT2D eigenvalue weighted by molar-refractivity contribution is 7.92. The number of carbonyl (C=O) groups is 2. The quantitative estimate of drug-likeness (QED) is 0.383. The van der Waals surface area contributed by atoms with Gasteiger partial charge in [0.2, 0.25) is 15.9 Å². The lowest BCUT2D eigenvalue weighted by atomic mass is 10.1. The number of para-hydroxylation sites is 1. The number of nitrogens with one attached hydrogen (secondary N) is 2. The van der Waals surface area contributed by atoms with Crippen molar-refractivity contribution < 1.29 is 27.5 Å². The van der Waals surface area contributed by atoms with Crippen molar-refractivity contribution in [3.05, 3.63) is 83.4 Å². The number of amides is 2. The summed E-state index contributed by atoms with van der Waals surface area (Å²) < 4.78 is 36.8. The molecule has 0 heterocycles. The fourth-order valence-electron chi connectivity index (χ4n) is 3.98. The van der Waals surface area contributed by atoms with Crippen LogP contribution in [0.1, 0.15) is 28.4 Å². The number of methoxy groups -OCH3 is 2. The fraction of sp³-hybridized carbons (Fsp3) is 0.286. The van der Waals surface area contributed by atoms with Gasteiger partial charge in [0.25, 0.3) is 5.91 Å². The zero-order valence-electron chi connectivity index (χ0n) is 22.1. The summed E-state index contributed by atoms with van der Waals surface area (Å²) in [5.74, 6) is 0.289. The van der Waals surface area contributed by atoms with Crippen molar-refractivity contribution in [3.8, 4) is 11.5 Å². The number of anilines is 2. The first-order valence-corrected chi connectivity index (χ1v) is 13.8. The number of sulfonamides is 1. The fourth-order valence-corrected chi connectivity index (χ4v) is 5.15. The summed E-state index contributed by atoms with van der Waals surface area (Å²) in [5.41, 5.74) is 2.84. The Kier molecular flexibility index (Phi) is 9.35. The van der Waals surface area contributed by atoms with Gasteiger partial charge in [-0.25, -0.2) is 8.42 Å². The van der Waals surface area contributed by atoms with Crippen LogP contribution in [0.25, 0.3) is 0 Å². The van der Waals surface area contributed by atoms with E-state index in [0.29, 0.717) is 30.2 Å². The van der Waals surface area contributed by atoms with E-state index in [-0.39, 0.29) is 17.2 Å². The van der Waals surface area contributed by atoms with Crippen LogP contribution in [0.4, 0.5) is 11.4 Å². The minimum atomic E-state index is -3.77. The number of rotatable bonds is 11. The van der Waals surface area contributed by atoms with E-state index in [1.165, 1.54) is 6.92 Å². The molecule has 3 rings (SSSR count). The van der Waals surface area contributed by atoms with E-state index in [2.05, 4.69) is 10.6 Å². The highest BCUT2D eigenvalue weighted by atomic mass is 32.2. The third-order valence-electron chi connectivity index (χ3n) is 5.95. The van der Waals surface area contributed by atoms with E-state index in [0.717, 1.165) is 21.7 Å². The Morgan fingerprint density at radius 1 is 0.947 bits per heavy atom. The normalized spacial score (nSPS) is 11.8. The van der Waals surface area contributed by atoms with Crippen molar-refractivity contribution in [2.24, 2.45) is 0 Å². The molecule has 0 bridgehead atoms. The van der Waals surface area contributed by atoms with Gasteiger partial charge in [-0.3, -0.25) is 13.9 Å². The molecule has 0 aromatic heterocycles. The van der Waals surface area contributed by atoms with Gasteiger partial charge < -0.3 is 20.1 Å². The first kappa shape index (κ1) is 28.5. The summed E-state index contributed by atoms with van der Waals surface area (Å²) in [7, 11) is -0.639. The minimum absolute atomic E-state index is 0.265. The van der Waals surface area contributed by atoms with Crippen molar-refractivity contribution in [2.75, 3.05) is 36.6 Å². The van der Waals surface area contributed by atoms with Crippen LogP contribution >= 0.6 is 0 Å². The molecule has 3 aromatic carbocycles. The number of hydrogen-bond donors (Lipinski definition) is 2. The van der Waals surface area contributed by atoms with Crippen molar-refractivity contribution in [3.63, 3.8) is 0 Å². The molecule has 0 saturated heterocycles. The standard InChI is InChI=1S/C28H33N3O6S/c1-19-10-13-22(14-11-19)31(38(5,34)35)20(2)27(32)30-24-9-7-6-8-23(24)28(33)29-17-16-21-12-15-25(36-3)26(18-21)37-4/h6-15,18,20H,16-17H2,1-5H3,(H,29,33)(H,30,32)/t20-/m1/s1. The molecule has 0 saturated carbocycles. The minimum Gasteiger partial charge on any atom is -0.493 e. The molecule has 202 valence electrons. The Hall–Kier alpha value is -4.05. The molecule has 2 N–H and O–H groups in total. The largest absolute Gasteiger partial charge is 0.493 e. The molecular weight excluding hydrogens is 506 g/mol. The van der Waals surface area contributed by atoms with Crippen LogP contribution < -0.4 is 24.4 Å². The van der Waals surface area contributed by atoms with Crippen molar-refractivity contribution in [1.82, 2.24) is 5.32 Å². The SMILES string of the molecule is COc1ccc(CCNC(=O)c2ccccc2NC(=O)[C@@H](C)N(c2ccc(C)cc2)S(C)(=O)=O)cc1OC. The summed E-state index contributed by atoms with van der Waals surface area (Å²) in [5, 5.41) is 5.59. The van der Waals surface area contributed by atoms with Gasteiger partial charge in [0.1, 0.15) is 6.04 Å². The zero-order chi connectivity index (χ0) is 27.9. The summed E-state index contributed by atoms with van der Waals surface area (Å²) in [6, 6.07) is 17.9. The predicted molar refractivity (Wildman–Crippen MR) is 149 cm³/mol. The van der Waals surface area contributed by atoms with Crippen LogP contribution in [0.5, 0.6) is 11.5 Å². The third-order valence-corrected chi connectivity index (χ3v) is 7.20. The molecule has 1 atom stereocenters. The Bertz CT molecular complexity index is 1390. The molecule has 0 aliphatic rings. The van der Waals surface area contributed by atoms with Crippen LogP contribution in [0.2, 0.25) is 0 Å². The van der Waals surface area contributed by atoms with E-state index < -0.39 is 22.0 Å². The van der Waals surface area contributed by atoms with Crippen LogP contribution in [-0.4, -0.2) is 53.3 Å². The molecule has 0 unspecified atom stereocenters. The molecule has 10 heteroatoms. The average molecular weight is 540 g/mol. The smallest absolute Gasteiger partial charge is 0.253 e.